The largest absolute Gasteiger partial charge is 0.370 e. The first-order valence-corrected chi connectivity index (χ1v) is 9.68. The molecular formula is C24H25N3O2. The van der Waals surface area contributed by atoms with Crippen LogP contribution in [-0.2, 0) is 11.2 Å². The quantitative estimate of drug-likeness (QED) is 0.554. The molecule has 0 aliphatic heterocycles. The van der Waals surface area contributed by atoms with Crippen LogP contribution in [0.25, 0.3) is 22.3 Å². The second kappa shape index (κ2) is 9.55. The van der Waals surface area contributed by atoms with Crippen LogP contribution >= 0.6 is 0 Å². The van der Waals surface area contributed by atoms with Gasteiger partial charge in [-0.3, -0.25) is 4.79 Å². The van der Waals surface area contributed by atoms with Gasteiger partial charge in [0.25, 0.3) is 0 Å². The van der Waals surface area contributed by atoms with Gasteiger partial charge in [-0.25, -0.2) is 4.79 Å². The summed E-state index contributed by atoms with van der Waals surface area (Å²) in [6.45, 7) is 2.43. The third-order valence-electron chi connectivity index (χ3n) is 4.62. The van der Waals surface area contributed by atoms with Gasteiger partial charge in [-0.05, 0) is 53.3 Å². The Hall–Kier alpha value is -3.60. The predicted molar refractivity (Wildman–Crippen MR) is 118 cm³/mol. The average Bonchev–Trinajstić information content (AvgIpc) is 2.73. The smallest absolute Gasteiger partial charge is 0.319 e. The summed E-state index contributed by atoms with van der Waals surface area (Å²) in [5.74, 6) is -0.326. The number of carbonyl (C=O) groups is 2. The summed E-state index contributed by atoms with van der Waals surface area (Å²) in [6.07, 6.45) is 0.835. The zero-order chi connectivity index (χ0) is 20.6. The predicted octanol–water partition coefficient (Wildman–Crippen LogP) is 4.58. The van der Waals surface area contributed by atoms with E-state index in [1.807, 2.05) is 49.4 Å². The van der Waals surface area contributed by atoms with E-state index in [1.165, 1.54) is 0 Å². The lowest BCUT2D eigenvalue weighted by atomic mass is 9.92. The van der Waals surface area contributed by atoms with Crippen molar-refractivity contribution in [3.8, 4) is 22.3 Å². The van der Waals surface area contributed by atoms with Crippen LogP contribution in [0.15, 0.2) is 72.8 Å². The van der Waals surface area contributed by atoms with Crippen LogP contribution in [0.1, 0.15) is 18.9 Å². The molecule has 0 spiro atoms. The van der Waals surface area contributed by atoms with Crippen LogP contribution in [0.5, 0.6) is 0 Å². The van der Waals surface area contributed by atoms with Crippen LogP contribution in [0.3, 0.4) is 0 Å². The molecule has 148 valence electrons. The molecule has 0 radical (unpaired) electrons. The summed E-state index contributed by atoms with van der Waals surface area (Å²) in [4.78, 5) is 23.2. The molecule has 3 aromatic carbocycles. The van der Waals surface area contributed by atoms with Gasteiger partial charge in [0.15, 0.2) is 0 Å². The van der Waals surface area contributed by atoms with Gasteiger partial charge in [0.05, 0.1) is 0 Å². The monoisotopic (exact) mass is 387 g/mol. The highest BCUT2D eigenvalue weighted by Crippen LogP contribution is 2.31. The van der Waals surface area contributed by atoms with Crippen molar-refractivity contribution in [1.82, 2.24) is 5.32 Å². The number of nitrogens with one attached hydrogen (secondary N) is 2. The fraction of sp³-hybridized carbons (Fsp3) is 0.167. The molecule has 0 saturated carbocycles. The van der Waals surface area contributed by atoms with E-state index in [2.05, 4.69) is 41.0 Å². The van der Waals surface area contributed by atoms with Crippen LogP contribution < -0.4 is 16.4 Å². The number of hydrogen-bond acceptors (Lipinski definition) is 2. The van der Waals surface area contributed by atoms with Gasteiger partial charge in [-0.2, -0.15) is 0 Å². The van der Waals surface area contributed by atoms with Crippen molar-refractivity contribution in [1.29, 1.82) is 0 Å². The number of carbonyl (C=O) groups excluding carboxylic acids is 2. The van der Waals surface area contributed by atoms with E-state index in [9.17, 15) is 9.59 Å². The first-order valence-electron chi connectivity index (χ1n) is 9.68. The van der Waals surface area contributed by atoms with E-state index in [0.29, 0.717) is 18.7 Å². The van der Waals surface area contributed by atoms with E-state index in [-0.39, 0.29) is 18.4 Å². The number of rotatable bonds is 7. The topological polar surface area (TPSA) is 84.2 Å². The summed E-state index contributed by atoms with van der Waals surface area (Å²) < 4.78 is 0. The molecule has 3 amide bonds. The van der Waals surface area contributed by atoms with E-state index >= 15 is 0 Å². The van der Waals surface area contributed by atoms with Crippen LogP contribution in [0.4, 0.5) is 10.5 Å². The second-order valence-electron chi connectivity index (χ2n) is 6.77. The molecule has 0 aliphatic rings. The van der Waals surface area contributed by atoms with Crippen molar-refractivity contribution >= 4 is 17.6 Å². The summed E-state index contributed by atoms with van der Waals surface area (Å²) in [5.41, 5.74) is 11.3. The highest BCUT2D eigenvalue weighted by atomic mass is 16.2. The number of aryl methyl sites for hydroxylation is 1. The molecule has 3 rings (SSSR count). The Balaban J connectivity index is 1.97. The van der Waals surface area contributed by atoms with Crippen LogP contribution in [0, 0.1) is 0 Å². The SMILES string of the molecule is CCNC(=O)Nc1cccc(-c2ccc(-c3ccccc3)cc2CCC(N)=O)c1. The Morgan fingerprint density at radius 1 is 0.862 bits per heavy atom. The van der Waals surface area contributed by atoms with E-state index in [1.54, 1.807) is 0 Å². The van der Waals surface area contributed by atoms with Crippen molar-refractivity contribution < 1.29 is 9.59 Å². The van der Waals surface area contributed by atoms with Crippen molar-refractivity contribution in [2.24, 2.45) is 5.73 Å². The van der Waals surface area contributed by atoms with Crippen molar-refractivity contribution in [2.45, 2.75) is 19.8 Å². The van der Waals surface area contributed by atoms with Gasteiger partial charge in [0, 0.05) is 18.7 Å². The lowest BCUT2D eigenvalue weighted by Crippen LogP contribution is -2.28. The first kappa shape index (κ1) is 20.1. The minimum absolute atomic E-state index is 0.238. The number of amides is 3. The fourth-order valence-corrected chi connectivity index (χ4v) is 3.25. The highest BCUT2D eigenvalue weighted by molar-refractivity contribution is 5.90. The summed E-state index contributed by atoms with van der Waals surface area (Å²) in [5, 5.41) is 5.56. The average molecular weight is 387 g/mol. The first-order chi connectivity index (χ1) is 14.1. The Bertz CT molecular complexity index is 1000. The standard InChI is InChI=1S/C24H25N3O2/c1-2-26-24(29)27-21-10-6-9-19(16-21)22-13-11-18(17-7-4-3-5-8-17)15-20(22)12-14-23(25)28/h3-11,13,15-16H,2,12,14H2,1H3,(H2,25,28)(H2,26,27,29). The number of benzene rings is 3. The molecule has 0 fully saturated rings. The summed E-state index contributed by atoms with van der Waals surface area (Å²) >= 11 is 0. The molecule has 29 heavy (non-hydrogen) atoms. The van der Waals surface area contributed by atoms with Gasteiger partial charge < -0.3 is 16.4 Å². The Morgan fingerprint density at radius 2 is 1.62 bits per heavy atom. The van der Waals surface area contributed by atoms with Gasteiger partial charge in [-0.1, -0.05) is 60.7 Å². The van der Waals surface area contributed by atoms with Gasteiger partial charge in [0.2, 0.25) is 5.91 Å². The second-order valence-corrected chi connectivity index (χ2v) is 6.77. The van der Waals surface area contributed by atoms with E-state index in [4.69, 9.17) is 5.73 Å². The molecule has 5 nitrogen and oxygen atoms in total. The Labute approximate surface area is 170 Å². The molecule has 0 aliphatic carbocycles. The highest BCUT2D eigenvalue weighted by Gasteiger charge is 2.10. The number of urea groups is 1. The summed E-state index contributed by atoms with van der Waals surface area (Å²) in [6, 6.07) is 23.8. The van der Waals surface area contributed by atoms with Crippen LogP contribution in [-0.4, -0.2) is 18.5 Å². The minimum atomic E-state index is -0.326. The van der Waals surface area contributed by atoms with Crippen molar-refractivity contribution in [3.63, 3.8) is 0 Å². The maximum atomic E-state index is 11.8. The van der Waals surface area contributed by atoms with Gasteiger partial charge >= 0.3 is 6.03 Å². The van der Waals surface area contributed by atoms with Gasteiger partial charge in [-0.15, -0.1) is 0 Å². The number of anilines is 1. The van der Waals surface area contributed by atoms with Crippen LogP contribution in [0.2, 0.25) is 0 Å². The molecule has 0 bridgehead atoms. The van der Waals surface area contributed by atoms with Crippen molar-refractivity contribution in [2.75, 3.05) is 11.9 Å². The maximum absolute atomic E-state index is 11.8. The lowest BCUT2D eigenvalue weighted by molar-refractivity contribution is -0.117. The zero-order valence-electron chi connectivity index (χ0n) is 16.4. The molecule has 0 saturated heterocycles. The Kier molecular flexibility index (Phi) is 6.63. The number of hydrogen-bond donors (Lipinski definition) is 3. The molecule has 0 atom stereocenters. The van der Waals surface area contributed by atoms with E-state index in [0.717, 1.165) is 27.8 Å². The normalized spacial score (nSPS) is 10.4. The minimum Gasteiger partial charge on any atom is -0.370 e. The van der Waals surface area contributed by atoms with Crippen molar-refractivity contribution in [3.05, 3.63) is 78.4 Å². The molecule has 0 heterocycles. The molecule has 0 aromatic heterocycles. The Morgan fingerprint density at radius 3 is 2.34 bits per heavy atom. The molecule has 3 aromatic rings. The molecule has 4 N–H and O–H groups in total. The summed E-state index contributed by atoms with van der Waals surface area (Å²) in [7, 11) is 0. The third kappa shape index (κ3) is 5.45. The fourth-order valence-electron chi connectivity index (χ4n) is 3.25. The van der Waals surface area contributed by atoms with E-state index < -0.39 is 0 Å². The number of nitrogens with two attached hydrogens (primary N) is 1. The molecular weight excluding hydrogens is 362 g/mol. The zero-order valence-corrected chi connectivity index (χ0v) is 16.4. The maximum Gasteiger partial charge on any atom is 0.319 e. The number of primary amides is 1. The third-order valence-corrected chi connectivity index (χ3v) is 4.62. The molecule has 5 heteroatoms. The van der Waals surface area contributed by atoms with Gasteiger partial charge in [0.1, 0.15) is 0 Å². The lowest BCUT2D eigenvalue weighted by Gasteiger charge is -2.14. The molecule has 0 unspecified atom stereocenters.